The predicted octanol–water partition coefficient (Wildman–Crippen LogP) is 5.71. The van der Waals surface area contributed by atoms with Crippen molar-refractivity contribution in [2.24, 2.45) is 20.9 Å². The zero-order valence-corrected chi connectivity index (χ0v) is 15.9. The van der Waals surface area contributed by atoms with Crippen LogP contribution in [0, 0.1) is 18.7 Å². The van der Waals surface area contributed by atoms with E-state index in [2.05, 4.69) is 28.3 Å². The summed E-state index contributed by atoms with van der Waals surface area (Å²) in [4.78, 5) is 12.5. The van der Waals surface area contributed by atoms with Gasteiger partial charge in [0, 0.05) is 18.6 Å². The van der Waals surface area contributed by atoms with Crippen molar-refractivity contribution in [1.29, 1.82) is 0 Å². The van der Waals surface area contributed by atoms with Crippen LogP contribution in [0.3, 0.4) is 0 Å². The summed E-state index contributed by atoms with van der Waals surface area (Å²) in [6, 6.07) is 3.57. The number of halogens is 2. The summed E-state index contributed by atoms with van der Waals surface area (Å²) in [5, 5.41) is 0.169. The first kappa shape index (κ1) is 20.0. The van der Waals surface area contributed by atoms with E-state index in [1.54, 1.807) is 31.6 Å². The lowest BCUT2D eigenvalue weighted by atomic mass is 10.0. The highest BCUT2D eigenvalue weighted by atomic mass is 35.5. The van der Waals surface area contributed by atoms with Crippen molar-refractivity contribution in [3.05, 3.63) is 70.3 Å². The zero-order valence-electron chi connectivity index (χ0n) is 15.1. The van der Waals surface area contributed by atoms with Crippen LogP contribution < -0.4 is 0 Å². The Morgan fingerprint density at radius 2 is 2.19 bits per heavy atom. The van der Waals surface area contributed by atoms with Crippen molar-refractivity contribution in [2.45, 2.75) is 26.2 Å². The maximum atomic E-state index is 13.7. The molecule has 26 heavy (non-hydrogen) atoms. The molecule has 2 unspecified atom stereocenters. The number of allylic oxidation sites excluding steroid dienone is 3. The number of rotatable bonds is 8. The van der Waals surface area contributed by atoms with Crippen LogP contribution >= 0.6 is 11.6 Å². The van der Waals surface area contributed by atoms with E-state index in [1.165, 1.54) is 0 Å². The normalized spacial score (nSPS) is 20.4. The molecule has 0 bridgehead atoms. The highest BCUT2D eigenvalue weighted by Crippen LogP contribution is 2.52. The van der Waals surface area contributed by atoms with Crippen LogP contribution in [-0.4, -0.2) is 25.7 Å². The molecule has 1 aliphatic rings. The predicted molar refractivity (Wildman–Crippen MR) is 110 cm³/mol. The van der Waals surface area contributed by atoms with Crippen LogP contribution in [0.25, 0.3) is 0 Å². The molecule has 3 nitrogen and oxygen atoms in total. The highest BCUT2D eigenvalue weighted by molar-refractivity contribution is 6.30. The van der Waals surface area contributed by atoms with Gasteiger partial charge in [0.05, 0.1) is 17.3 Å². The monoisotopic (exact) mass is 371 g/mol. The summed E-state index contributed by atoms with van der Waals surface area (Å²) in [7, 11) is 0. The van der Waals surface area contributed by atoms with Gasteiger partial charge in [0.25, 0.3) is 0 Å². The van der Waals surface area contributed by atoms with Crippen molar-refractivity contribution in [3.63, 3.8) is 0 Å². The second-order valence-corrected chi connectivity index (χ2v) is 6.64. The Hall–Kier alpha value is -2.33. The number of hydrogen-bond donors (Lipinski definition) is 0. The van der Waals surface area contributed by atoms with Gasteiger partial charge in [-0.2, -0.15) is 0 Å². The Morgan fingerprint density at radius 1 is 1.42 bits per heavy atom. The molecule has 136 valence electrons. The van der Waals surface area contributed by atoms with Crippen molar-refractivity contribution in [2.75, 3.05) is 6.54 Å². The molecule has 2 rings (SSSR count). The summed E-state index contributed by atoms with van der Waals surface area (Å²) >= 11 is 5.98. The third-order valence-electron chi connectivity index (χ3n) is 4.17. The molecule has 0 N–H and O–H groups in total. The first-order chi connectivity index (χ1) is 12.5. The number of nitrogens with zero attached hydrogens (tertiary/aromatic N) is 3. The average molecular weight is 372 g/mol. The van der Waals surface area contributed by atoms with Gasteiger partial charge in [0.2, 0.25) is 0 Å². The Kier molecular flexibility index (Phi) is 7.22. The third-order valence-corrected chi connectivity index (χ3v) is 4.44. The van der Waals surface area contributed by atoms with Crippen molar-refractivity contribution >= 4 is 30.7 Å². The van der Waals surface area contributed by atoms with Crippen LogP contribution in [0.15, 0.2) is 63.3 Å². The maximum absolute atomic E-state index is 13.7. The fourth-order valence-corrected chi connectivity index (χ4v) is 3.04. The molecule has 1 aliphatic carbocycles. The summed E-state index contributed by atoms with van der Waals surface area (Å²) in [6.07, 6.45) is 9.90. The third kappa shape index (κ3) is 5.33. The van der Waals surface area contributed by atoms with Crippen LogP contribution in [0.2, 0.25) is 5.02 Å². The van der Waals surface area contributed by atoms with E-state index >= 15 is 0 Å². The molecule has 0 radical (unpaired) electrons. The number of benzene rings is 1. The molecule has 1 aromatic rings. The van der Waals surface area contributed by atoms with Crippen LogP contribution in [0.5, 0.6) is 0 Å². The second-order valence-electron chi connectivity index (χ2n) is 6.23. The van der Waals surface area contributed by atoms with Crippen molar-refractivity contribution in [3.8, 4) is 0 Å². The van der Waals surface area contributed by atoms with Crippen molar-refractivity contribution in [1.82, 2.24) is 0 Å². The molecule has 0 saturated heterocycles. The molecule has 0 amide bonds. The van der Waals surface area contributed by atoms with Crippen LogP contribution in [0.1, 0.15) is 30.4 Å². The summed E-state index contributed by atoms with van der Waals surface area (Å²) in [5.74, 6) is 0.224. The molecule has 1 saturated carbocycles. The lowest BCUT2D eigenvalue weighted by Gasteiger charge is -2.06. The van der Waals surface area contributed by atoms with E-state index in [1.807, 2.05) is 25.1 Å². The quantitative estimate of drug-likeness (QED) is 0.525. The Bertz CT molecular complexity index is 782. The Morgan fingerprint density at radius 3 is 2.85 bits per heavy atom. The standard InChI is InChI=1S/C21H23ClFN3/c1-5-6-7-26-15(3)11-25-13-17(12-24-4)19-10-18(19)16-8-14(2)21(23)20(22)9-16/h5-9,12-13,18-19H,3-4,10-11H2,1-2H3/b6-5-,17-12+,25-13-,26-7-. The lowest BCUT2D eigenvalue weighted by molar-refractivity contribution is 0.618. The minimum absolute atomic E-state index is 0.169. The van der Waals surface area contributed by atoms with Gasteiger partial charge in [-0.05, 0) is 67.7 Å². The van der Waals surface area contributed by atoms with Crippen LogP contribution in [0.4, 0.5) is 4.39 Å². The van der Waals surface area contributed by atoms with E-state index in [4.69, 9.17) is 11.6 Å². The summed E-state index contributed by atoms with van der Waals surface area (Å²) < 4.78 is 13.7. The van der Waals surface area contributed by atoms with E-state index in [0.29, 0.717) is 23.7 Å². The van der Waals surface area contributed by atoms with E-state index in [9.17, 15) is 4.39 Å². The van der Waals surface area contributed by atoms with E-state index in [0.717, 1.165) is 17.6 Å². The molecule has 0 aliphatic heterocycles. The molecular weight excluding hydrogens is 349 g/mol. The molecule has 0 heterocycles. The Balaban J connectivity index is 2.04. The van der Waals surface area contributed by atoms with E-state index < -0.39 is 0 Å². The van der Waals surface area contributed by atoms with Gasteiger partial charge in [-0.1, -0.05) is 30.3 Å². The molecule has 1 aromatic carbocycles. The van der Waals surface area contributed by atoms with Gasteiger partial charge >= 0.3 is 0 Å². The number of aryl methyl sites for hydroxylation is 1. The molecule has 0 spiro atoms. The smallest absolute Gasteiger partial charge is 0.144 e. The zero-order chi connectivity index (χ0) is 19.1. The fourth-order valence-electron chi connectivity index (χ4n) is 2.76. The number of hydrogen-bond acceptors (Lipinski definition) is 3. The maximum Gasteiger partial charge on any atom is 0.144 e. The SMILES string of the molecule is C=N/C=C(\C=N/CC(=C)/N=C\C=C/C)C1CC1c1cc(C)c(F)c(Cl)c1. The highest BCUT2D eigenvalue weighted by Gasteiger charge is 2.40. The molecule has 0 aromatic heterocycles. The van der Waals surface area contributed by atoms with Gasteiger partial charge in [0.1, 0.15) is 5.82 Å². The van der Waals surface area contributed by atoms with Gasteiger partial charge in [-0.3, -0.25) is 15.0 Å². The topological polar surface area (TPSA) is 37.1 Å². The molecule has 2 atom stereocenters. The first-order valence-corrected chi connectivity index (χ1v) is 8.80. The van der Waals surface area contributed by atoms with Gasteiger partial charge < -0.3 is 0 Å². The molecule has 1 fully saturated rings. The largest absolute Gasteiger partial charge is 0.286 e. The van der Waals surface area contributed by atoms with Gasteiger partial charge in [0.15, 0.2) is 0 Å². The lowest BCUT2D eigenvalue weighted by Crippen LogP contribution is -1.95. The molecular formula is C21H23ClFN3. The van der Waals surface area contributed by atoms with Crippen molar-refractivity contribution < 1.29 is 4.39 Å². The summed E-state index contributed by atoms with van der Waals surface area (Å²) in [6.45, 7) is 11.5. The minimum Gasteiger partial charge on any atom is -0.286 e. The molecule has 5 heteroatoms. The van der Waals surface area contributed by atoms with Gasteiger partial charge in [-0.15, -0.1) is 0 Å². The van der Waals surface area contributed by atoms with Gasteiger partial charge in [-0.25, -0.2) is 4.39 Å². The average Bonchev–Trinajstić information content (AvgIpc) is 3.39. The first-order valence-electron chi connectivity index (χ1n) is 8.42. The minimum atomic E-state index is -0.352. The summed E-state index contributed by atoms with van der Waals surface area (Å²) in [5.41, 5.74) is 3.28. The van der Waals surface area contributed by atoms with E-state index in [-0.39, 0.29) is 16.8 Å². The fraction of sp³-hybridized carbons (Fsp3) is 0.286. The second kappa shape index (κ2) is 9.39. The number of aliphatic imine (C=N–C) groups is 3. The Labute approximate surface area is 159 Å². The van der Waals surface area contributed by atoms with Crippen LogP contribution in [-0.2, 0) is 0 Å².